The van der Waals surface area contributed by atoms with Crippen LogP contribution in [0.3, 0.4) is 0 Å². The number of nitrogens with one attached hydrogen (secondary N) is 1. The van der Waals surface area contributed by atoms with Gasteiger partial charge in [0.2, 0.25) is 5.91 Å². The number of carbonyl (C=O) groups excluding carboxylic acids is 3. The van der Waals surface area contributed by atoms with Crippen molar-refractivity contribution in [1.82, 2.24) is 9.88 Å². The molecule has 0 fully saturated rings. The van der Waals surface area contributed by atoms with Gasteiger partial charge in [-0.05, 0) is 30.9 Å². The van der Waals surface area contributed by atoms with Crippen molar-refractivity contribution in [3.05, 3.63) is 58.4 Å². The molecule has 0 unspecified atom stereocenters. The number of esters is 1. The first-order valence-corrected chi connectivity index (χ1v) is 9.12. The van der Waals surface area contributed by atoms with Crippen LogP contribution in [-0.2, 0) is 33.7 Å². The number of carbonyl (C=O) groups is 3. The predicted molar refractivity (Wildman–Crippen MR) is 101 cm³/mol. The molecule has 3 rings (SSSR count). The fraction of sp³-hybridized carbons (Fsp3) is 0.381. The molecule has 1 aliphatic rings. The predicted octanol–water partition coefficient (Wildman–Crippen LogP) is 2.20. The number of nitrogens with zero attached hydrogens (tertiary/aromatic N) is 1. The molecule has 0 atom stereocenters. The Kier molecular flexibility index (Phi) is 5.74. The van der Waals surface area contributed by atoms with E-state index in [2.05, 4.69) is 26.8 Å². The van der Waals surface area contributed by atoms with E-state index in [0.29, 0.717) is 18.5 Å². The highest BCUT2D eigenvalue weighted by Gasteiger charge is 2.29. The maximum absolute atomic E-state index is 12.6. The van der Waals surface area contributed by atoms with Crippen LogP contribution in [-0.4, -0.2) is 35.9 Å². The van der Waals surface area contributed by atoms with Crippen molar-refractivity contribution in [3.8, 4) is 0 Å². The van der Waals surface area contributed by atoms with Crippen molar-refractivity contribution in [3.63, 3.8) is 0 Å². The molecule has 27 heavy (non-hydrogen) atoms. The van der Waals surface area contributed by atoms with Gasteiger partial charge in [0.1, 0.15) is 6.54 Å². The van der Waals surface area contributed by atoms with E-state index < -0.39 is 5.97 Å². The Balaban J connectivity index is 1.90. The Bertz CT molecular complexity index is 868. The van der Waals surface area contributed by atoms with E-state index in [1.807, 2.05) is 25.1 Å². The normalized spacial score (nSPS) is 13.2. The molecule has 0 saturated heterocycles. The van der Waals surface area contributed by atoms with Gasteiger partial charge >= 0.3 is 5.97 Å². The van der Waals surface area contributed by atoms with E-state index in [9.17, 15) is 14.4 Å². The maximum Gasteiger partial charge on any atom is 0.325 e. The molecule has 6 nitrogen and oxygen atoms in total. The number of Topliss-reactive ketones (excluding diaryl/α,β-unsaturated/α-hetero) is 1. The van der Waals surface area contributed by atoms with Gasteiger partial charge in [-0.25, -0.2) is 0 Å². The summed E-state index contributed by atoms with van der Waals surface area (Å²) in [6.07, 6.45) is 2.26. The summed E-state index contributed by atoms with van der Waals surface area (Å²) in [7, 11) is 1.28. The number of hydrogen-bond acceptors (Lipinski definition) is 4. The van der Waals surface area contributed by atoms with Gasteiger partial charge in [0.15, 0.2) is 5.78 Å². The maximum atomic E-state index is 12.6. The van der Waals surface area contributed by atoms with Crippen LogP contribution >= 0.6 is 0 Å². The number of ketones is 1. The lowest BCUT2D eigenvalue weighted by Crippen LogP contribution is -2.31. The van der Waals surface area contributed by atoms with Crippen LogP contribution < -0.4 is 5.32 Å². The number of aromatic nitrogens is 1. The van der Waals surface area contributed by atoms with Crippen LogP contribution in [0.1, 0.15) is 45.7 Å². The minimum absolute atomic E-state index is 0.0820. The van der Waals surface area contributed by atoms with Crippen LogP contribution in [0.2, 0.25) is 0 Å². The molecule has 1 amide bonds. The van der Waals surface area contributed by atoms with Crippen molar-refractivity contribution in [2.75, 3.05) is 13.7 Å². The first-order valence-electron chi connectivity index (χ1n) is 9.12. The lowest BCUT2D eigenvalue weighted by molar-refractivity contribution is -0.141. The van der Waals surface area contributed by atoms with Gasteiger partial charge in [0.25, 0.3) is 0 Å². The Morgan fingerprint density at radius 3 is 2.63 bits per heavy atom. The average Bonchev–Trinajstić information content (AvgIpc) is 2.93. The molecule has 0 spiro atoms. The number of benzene rings is 1. The highest BCUT2D eigenvalue weighted by atomic mass is 16.5. The van der Waals surface area contributed by atoms with Crippen LogP contribution in [0, 0.1) is 6.92 Å². The van der Waals surface area contributed by atoms with E-state index in [1.54, 1.807) is 0 Å². The summed E-state index contributed by atoms with van der Waals surface area (Å²) < 4.78 is 6.70. The third-order valence-corrected chi connectivity index (χ3v) is 5.03. The second kappa shape index (κ2) is 8.20. The average molecular weight is 368 g/mol. The van der Waals surface area contributed by atoms with E-state index in [1.165, 1.54) is 7.11 Å². The van der Waals surface area contributed by atoms with E-state index in [4.69, 9.17) is 0 Å². The van der Waals surface area contributed by atoms with Gasteiger partial charge in [-0.1, -0.05) is 30.3 Å². The number of rotatable bonds is 6. The molecule has 2 aromatic rings. The molecule has 1 aromatic heterocycles. The van der Waals surface area contributed by atoms with Crippen LogP contribution in [0.4, 0.5) is 0 Å². The molecule has 1 N–H and O–H groups in total. The van der Waals surface area contributed by atoms with Crippen molar-refractivity contribution in [1.29, 1.82) is 0 Å². The van der Waals surface area contributed by atoms with Crippen molar-refractivity contribution < 1.29 is 19.1 Å². The third kappa shape index (κ3) is 4.10. The summed E-state index contributed by atoms with van der Waals surface area (Å²) in [5, 5.41) is 2.56. The van der Waals surface area contributed by atoms with Gasteiger partial charge < -0.3 is 14.6 Å². The largest absolute Gasteiger partial charge is 0.468 e. The quantitative estimate of drug-likeness (QED) is 0.793. The molecule has 1 aromatic carbocycles. The minimum atomic E-state index is -0.500. The highest BCUT2D eigenvalue weighted by molar-refractivity contribution is 6.01. The van der Waals surface area contributed by atoms with E-state index in [0.717, 1.165) is 35.4 Å². The van der Waals surface area contributed by atoms with Gasteiger partial charge in [0, 0.05) is 29.9 Å². The van der Waals surface area contributed by atoms with Crippen LogP contribution in [0.15, 0.2) is 30.3 Å². The van der Waals surface area contributed by atoms with Crippen LogP contribution in [0.25, 0.3) is 0 Å². The lowest BCUT2D eigenvalue weighted by atomic mass is 9.92. The molecular weight excluding hydrogens is 344 g/mol. The molecule has 0 radical (unpaired) electrons. The summed E-state index contributed by atoms with van der Waals surface area (Å²) in [5.74, 6) is -0.691. The molecule has 1 heterocycles. The van der Waals surface area contributed by atoms with Gasteiger partial charge in [-0.2, -0.15) is 0 Å². The zero-order valence-electron chi connectivity index (χ0n) is 15.7. The lowest BCUT2D eigenvalue weighted by Gasteiger charge is -2.16. The molecule has 0 bridgehead atoms. The SMILES string of the molecule is COC(=O)CNC(=O)Cc1c2c(n(Cc3ccccc3)c1C)CCCC2=O. The Morgan fingerprint density at radius 2 is 1.93 bits per heavy atom. The standard InChI is InChI=1S/C21H24N2O4/c1-14-16(11-19(25)22-12-20(26)27-2)21-17(9-6-10-18(21)24)23(14)13-15-7-4-3-5-8-15/h3-5,7-8H,6,9-13H2,1-2H3,(H,22,25). The summed E-state index contributed by atoms with van der Waals surface area (Å²) >= 11 is 0. The van der Waals surface area contributed by atoms with Gasteiger partial charge in [0.05, 0.1) is 13.5 Å². The van der Waals surface area contributed by atoms with Gasteiger partial charge in [-0.15, -0.1) is 0 Å². The number of methoxy groups -OCH3 is 1. The Labute approximate surface area is 158 Å². The second-order valence-electron chi connectivity index (χ2n) is 6.76. The van der Waals surface area contributed by atoms with Crippen molar-refractivity contribution >= 4 is 17.7 Å². The zero-order valence-corrected chi connectivity index (χ0v) is 15.7. The summed E-state index contributed by atoms with van der Waals surface area (Å²) in [6.45, 7) is 2.46. The fourth-order valence-electron chi connectivity index (χ4n) is 3.65. The van der Waals surface area contributed by atoms with Crippen LogP contribution in [0.5, 0.6) is 0 Å². The number of amides is 1. The number of fused-ring (bicyclic) bond motifs is 1. The number of hydrogen-bond donors (Lipinski definition) is 1. The first-order chi connectivity index (χ1) is 13.0. The van der Waals surface area contributed by atoms with E-state index in [-0.39, 0.29) is 24.7 Å². The van der Waals surface area contributed by atoms with Crippen molar-refractivity contribution in [2.24, 2.45) is 0 Å². The molecular formula is C21H24N2O4. The minimum Gasteiger partial charge on any atom is -0.468 e. The smallest absolute Gasteiger partial charge is 0.325 e. The Morgan fingerprint density at radius 1 is 1.19 bits per heavy atom. The van der Waals surface area contributed by atoms with E-state index >= 15 is 0 Å². The fourth-order valence-corrected chi connectivity index (χ4v) is 3.65. The zero-order chi connectivity index (χ0) is 19.4. The summed E-state index contributed by atoms with van der Waals surface area (Å²) in [5.41, 5.74) is 4.57. The van der Waals surface area contributed by atoms with Crippen molar-refractivity contribution in [2.45, 2.75) is 39.2 Å². The highest BCUT2D eigenvalue weighted by Crippen LogP contribution is 2.31. The topological polar surface area (TPSA) is 77.4 Å². The summed E-state index contributed by atoms with van der Waals surface area (Å²) in [6, 6.07) is 10.1. The molecule has 0 aliphatic heterocycles. The third-order valence-electron chi connectivity index (χ3n) is 5.03. The summed E-state index contributed by atoms with van der Waals surface area (Å²) in [4.78, 5) is 36.1. The molecule has 0 saturated carbocycles. The monoisotopic (exact) mass is 368 g/mol. The molecule has 6 heteroatoms. The first kappa shape index (κ1) is 18.9. The molecule has 1 aliphatic carbocycles. The molecule has 142 valence electrons. The number of ether oxygens (including phenoxy) is 1. The Hall–Kier alpha value is -2.89. The van der Waals surface area contributed by atoms with Gasteiger partial charge in [-0.3, -0.25) is 14.4 Å². The second-order valence-corrected chi connectivity index (χ2v) is 6.76.